The molecule has 0 radical (unpaired) electrons. The van der Waals surface area contributed by atoms with E-state index in [1.165, 1.54) is 0 Å². The normalized spacial score (nSPS) is 31.6. The Balaban J connectivity index is 1.93. The van der Waals surface area contributed by atoms with Crippen LogP contribution < -0.4 is 0 Å². The molecule has 0 bridgehead atoms. The molecule has 5 nitrogen and oxygen atoms in total. The molecule has 108 valence electrons. The van der Waals surface area contributed by atoms with E-state index in [1.807, 2.05) is 9.80 Å². The van der Waals surface area contributed by atoms with Gasteiger partial charge in [0.05, 0.1) is 0 Å². The monoisotopic (exact) mass is 268 g/mol. The fraction of sp³-hybridized carbons (Fsp3) is 0.857. The molecule has 3 atom stereocenters. The molecule has 0 spiro atoms. The standard InChI is InChI=1S/C14H24N2O3/c1-10-6-11(2)16(8-10)14(19)15-5-3-4-12(9-15)7-13(17)18/h10-12H,3-9H2,1-2H3,(H,17,18). The zero-order valence-electron chi connectivity index (χ0n) is 11.8. The Morgan fingerprint density at radius 1 is 1.26 bits per heavy atom. The van der Waals surface area contributed by atoms with Gasteiger partial charge in [-0.05, 0) is 38.0 Å². The van der Waals surface area contributed by atoms with Gasteiger partial charge in [-0.15, -0.1) is 0 Å². The molecule has 2 rings (SSSR count). The van der Waals surface area contributed by atoms with Crippen LogP contribution in [0.2, 0.25) is 0 Å². The van der Waals surface area contributed by atoms with Gasteiger partial charge < -0.3 is 14.9 Å². The van der Waals surface area contributed by atoms with Gasteiger partial charge in [-0.1, -0.05) is 6.92 Å². The Bertz CT molecular complexity index is 359. The highest BCUT2D eigenvalue weighted by atomic mass is 16.4. The van der Waals surface area contributed by atoms with Gasteiger partial charge in [-0.3, -0.25) is 4.79 Å². The average molecular weight is 268 g/mol. The highest BCUT2D eigenvalue weighted by Crippen LogP contribution is 2.26. The van der Waals surface area contributed by atoms with E-state index in [0.29, 0.717) is 18.5 Å². The first-order chi connectivity index (χ1) is 8.97. The quantitative estimate of drug-likeness (QED) is 0.833. The van der Waals surface area contributed by atoms with Crippen molar-refractivity contribution in [2.45, 2.75) is 45.6 Å². The summed E-state index contributed by atoms with van der Waals surface area (Å²) in [6.45, 7) is 6.47. The van der Waals surface area contributed by atoms with E-state index in [9.17, 15) is 9.59 Å². The van der Waals surface area contributed by atoms with E-state index in [2.05, 4.69) is 13.8 Å². The zero-order chi connectivity index (χ0) is 14.0. The maximum atomic E-state index is 12.5. The lowest BCUT2D eigenvalue weighted by Crippen LogP contribution is -2.48. The molecule has 0 aromatic heterocycles. The van der Waals surface area contributed by atoms with Crippen molar-refractivity contribution >= 4 is 12.0 Å². The molecule has 0 aromatic carbocycles. The average Bonchev–Trinajstić information content (AvgIpc) is 2.67. The molecule has 0 aliphatic carbocycles. The number of likely N-dealkylation sites (tertiary alicyclic amines) is 2. The first-order valence-corrected chi connectivity index (χ1v) is 7.24. The molecule has 2 aliphatic heterocycles. The van der Waals surface area contributed by atoms with Crippen molar-refractivity contribution in [3.05, 3.63) is 0 Å². The molecular formula is C14H24N2O3. The number of piperidine rings is 1. The molecule has 2 saturated heterocycles. The SMILES string of the molecule is CC1CC(C)N(C(=O)N2CCCC(CC(=O)O)C2)C1. The van der Waals surface area contributed by atoms with Gasteiger partial charge in [0.2, 0.25) is 0 Å². The molecule has 5 heteroatoms. The van der Waals surface area contributed by atoms with Crippen LogP contribution in [0, 0.1) is 11.8 Å². The number of urea groups is 1. The van der Waals surface area contributed by atoms with Gasteiger partial charge in [0.1, 0.15) is 0 Å². The Morgan fingerprint density at radius 2 is 2.00 bits per heavy atom. The largest absolute Gasteiger partial charge is 0.481 e. The Kier molecular flexibility index (Phi) is 4.32. The van der Waals surface area contributed by atoms with Crippen LogP contribution in [0.5, 0.6) is 0 Å². The van der Waals surface area contributed by atoms with Crippen molar-refractivity contribution in [2.24, 2.45) is 11.8 Å². The summed E-state index contributed by atoms with van der Waals surface area (Å²) < 4.78 is 0. The van der Waals surface area contributed by atoms with Crippen LogP contribution in [0.15, 0.2) is 0 Å². The number of carbonyl (C=O) groups excluding carboxylic acids is 1. The summed E-state index contributed by atoms with van der Waals surface area (Å²) in [6, 6.07) is 0.411. The van der Waals surface area contributed by atoms with Crippen LogP contribution in [-0.2, 0) is 4.79 Å². The second-order valence-electron chi connectivity index (χ2n) is 6.18. The van der Waals surface area contributed by atoms with Crippen LogP contribution in [0.25, 0.3) is 0 Å². The van der Waals surface area contributed by atoms with Gasteiger partial charge in [-0.2, -0.15) is 0 Å². The molecular weight excluding hydrogens is 244 g/mol. The van der Waals surface area contributed by atoms with Crippen molar-refractivity contribution < 1.29 is 14.7 Å². The minimum Gasteiger partial charge on any atom is -0.481 e. The van der Waals surface area contributed by atoms with Crippen LogP contribution in [0.3, 0.4) is 0 Å². The Labute approximate surface area is 114 Å². The molecule has 2 amide bonds. The molecule has 19 heavy (non-hydrogen) atoms. The first-order valence-electron chi connectivity index (χ1n) is 7.24. The Hall–Kier alpha value is -1.26. The first kappa shape index (κ1) is 14.2. The van der Waals surface area contributed by atoms with Crippen molar-refractivity contribution in [1.29, 1.82) is 0 Å². The van der Waals surface area contributed by atoms with Gasteiger partial charge >= 0.3 is 12.0 Å². The number of carboxylic acid groups (broad SMARTS) is 1. The maximum absolute atomic E-state index is 12.5. The fourth-order valence-electron chi connectivity index (χ4n) is 3.40. The third-order valence-corrected chi connectivity index (χ3v) is 4.28. The summed E-state index contributed by atoms with van der Waals surface area (Å²) in [5, 5.41) is 8.87. The van der Waals surface area contributed by atoms with E-state index in [1.54, 1.807) is 0 Å². The lowest BCUT2D eigenvalue weighted by molar-refractivity contribution is -0.138. The van der Waals surface area contributed by atoms with Gasteiger partial charge in [0.25, 0.3) is 0 Å². The van der Waals surface area contributed by atoms with E-state index in [0.717, 1.165) is 32.4 Å². The minimum absolute atomic E-state index is 0.104. The molecule has 3 unspecified atom stereocenters. The second-order valence-corrected chi connectivity index (χ2v) is 6.18. The lowest BCUT2D eigenvalue weighted by Gasteiger charge is -2.36. The molecule has 1 N–H and O–H groups in total. The van der Waals surface area contributed by atoms with Crippen LogP contribution >= 0.6 is 0 Å². The smallest absolute Gasteiger partial charge is 0.320 e. The molecule has 2 aliphatic rings. The van der Waals surface area contributed by atoms with Crippen molar-refractivity contribution in [3.63, 3.8) is 0 Å². The summed E-state index contributed by atoms with van der Waals surface area (Å²) in [4.78, 5) is 27.1. The topological polar surface area (TPSA) is 60.9 Å². The van der Waals surface area contributed by atoms with Gasteiger partial charge in [0, 0.05) is 32.1 Å². The van der Waals surface area contributed by atoms with E-state index < -0.39 is 5.97 Å². The second kappa shape index (κ2) is 5.80. The predicted molar refractivity (Wildman–Crippen MR) is 71.9 cm³/mol. The minimum atomic E-state index is -0.762. The van der Waals surface area contributed by atoms with E-state index in [-0.39, 0.29) is 18.4 Å². The Morgan fingerprint density at radius 3 is 2.58 bits per heavy atom. The van der Waals surface area contributed by atoms with E-state index in [4.69, 9.17) is 5.11 Å². The maximum Gasteiger partial charge on any atom is 0.320 e. The summed E-state index contributed by atoms with van der Waals surface area (Å²) in [5.41, 5.74) is 0. The third-order valence-electron chi connectivity index (χ3n) is 4.28. The highest BCUT2D eigenvalue weighted by molar-refractivity contribution is 5.75. The predicted octanol–water partition coefficient (Wildman–Crippen LogP) is 2.02. The third kappa shape index (κ3) is 3.39. The van der Waals surface area contributed by atoms with Crippen molar-refractivity contribution in [2.75, 3.05) is 19.6 Å². The molecule has 2 heterocycles. The molecule has 0 aromatic rings. The molecule has 2 fully saturated rings. The van der Waals surface area contributed by atoms with Crippen LogP contribution in [-0.4, -0.2) is 52.6 Å². The fourth-order valence-corrected chi connectivity index (χ4v) is 3.40. The number of rotatable bonds is 2. The lowest BCUT2D eigenvalue weighted by atomic mass is 9.95. The number of hydrogen-bond acceptors (Lipinski definition) is 2. The number of carbonyl (C=O) groups is 2. The van der Waals surface area contributed by atoms with Crippen molar-refractivity contribution in [1.82, 2.24) is 9.80 Å². The highest BCUT2D eigenvalue weighted by Gasteiger charge is 2.34. The number of nitrogens with zero attached hydrogens (tertiary/aromatic N) is 2. The summed E-state index contributed by atoms with van der Waals surface area (Å²) in [5.74, 6) is -0.0773. The van der Waals surface area contributed by atoms with Crippen LogP contribution in [0.1, 0.15) is 39.5 Å². The summed E-state index contributed by atoms with van der Waals surface area (Å²) in [7, 11) is 0. The number of aliphatic carboxylic acids is 1. The number of amides is 2. The van der Waals surface area contributed by atoms with Gasteiger partial charge in [0.15, 0.2) is 0 Å². The summed E-state index contributed by atoms with van der Waals surface area (Å²) in [6.07, 6.45) is 3.08. The van der Waals surface area contributed by atoms with E-state index >= 15 is 0 Å². The summed E-state index contributed by atoms with van der Waals surface area (Å²) >= 11 is 0. The zero-order valence-corrected chi connectivity index (χ0v) is 11.8. The number of carboxylic acids is 1. The van der Waals surface area contributed by atoms with Gasteiger partial charge in [-0.25, -0.2) is 4.79 Å². The van der Waals surface area contributed by atoms with Crippen LogP contribution in [0.4, 0.5) is 4.79 Å². The molecule has 0 saturated carbocycles. The van der Waals surface area contributed by atoms with Crippen molar-refractivity contribution in [3.8, 4) is 0 Å². The number of hydrogen-bond donors (Lipinski definition) is 1.